The molecule has 0 aliphatic rings. The molecule has 0 bridgehead atoms. The molecule has 0 aliphatic carbocycles. The first-order chi connectivity index (χ1) is 7.50. The molecule has 1 aromatic rings. The predicted octanol–water partition coefficient (Wildman–Crippen LogP) is 0.962. The van der Waals surface area contributed by atoms with E-state index in [-0.39, 0.29) is 0 Å². The summed E-state index contributed by atoms with van der Waals surface area (Å²) in [7, 11) is 0. The molecular weight excluding hydrogens is 376 g/mol. The first-order valence-corrected chi connectivity index (χ1v) is 11.3. The van der Waals surface area contributed by atoms with Crippen molar-refractivity contribution in [3.8, 4) is 0 Å². The van der Waals surface area contributed by atoms with Crippen molar-refractivity contribution in [3.63, 3.8) is 0 Å². The van der Waals surface area contributed by atoms with Crippen LogP contribution in [0.4, 0.5) is 0 Å². The molecule has 0 saturated heterocycles. The number of carbonyl (C=O) groups excluding carboxylic acids is 3. The number of carbonyl (C=O) groups is 3. The Morgan fingerprint density at radius 1 is 0.875 bits per heavy atom. The maximum atomic E-state index is 11.1. The first kappa shape index (κ1) is 13.0. The number of hydrogen-bond donors (Lipinski definition) is 0. The number of benzene rings is 1. The topological polar surface area (TPSA) is 51.2 Å². The van der Waals surface area contributed by atoms with E-state index in [1.165, 1.54) is 0 Å². The Hall–Kier alpha value is -1.08. The second kappa shape index (κ2) is 4.83. The van der Waals surface area contributed by atoms with Crippen LogP contribution in [-0.4, -0.2) is 14.0 Å². The fraction of sp³-hybridized carbons (Fsp3) is 0.250. The van der Waals surface area contributed by atoms with Crippen molar-refractivity contribution in [2.24, 2.45) is 0 Å². The summed E-state index contributed by atoms with van der Waals surface area (Å²) < 4.78 is 2.53. The second-order valence-electron chi connectivity index (χ2n) is 3.78. The molecule has 0 amide bonds. The van der Waals surface area contributed by atoms with Crippen LogP contribution in [0, 0.1) is 20.8 Å². The van der Waals surface area contributed by atoms with Gasteiger partial charge in [-0.2, -0.15) is 0 Å². The molecule has 0 saturated carbocycles. The van der Waals surface area contributed by atoms with Crippen LogP contribution in [0.3, 0.4) is 0 Å². The van der Waals surface area contributed by atoms with Crippen molar-refractivity contribution in [3.05, 3.63) is 28.8 Å². The van der Waals surface area contributed by atoms with Crippen molar-refractivity contribution in [1.29, 1.82) is 0 Å². The van der Waals surface area contributed by atoms with E-state index in [1.54, 1.807) is 0 Å². The van der Waals surface area contributed by atoms with Gasteiger partial charge in [-0.15, -0.1) is 0 Å². The standard InChI is InChI=1S/C9H11.3CHO.W/c1-7-4-8(2)6-9(3)5-7;3*1-2;/h4-5H,1-3H3;3*1H;. The molecule has 0 heterocycles. The molecule has 1 aromatic carbocycles. The summed E-state index contributed by atoms with van der Waals surface area (Å²) in [6.45, 7) is 5.64. The molecule has 1 rings (SSSR count). The fourth-order valence-corrected chi connectivity index (χ4v) is 7.89. The summed E-state index contributed by atoms with van der Waals surface area (Å²) in [4.78, 5) is 33.3. The predicted molar refractivity (Wildman–Crippen MR) is 60.5 cm³/mol. The number of hydrogen-bond acceptors (Lipinski definition) is 3. The van der Waals surface area contributed by atoms with E-state index >= 15 is 0 Å². The van der Waals surface area contributed by atoms with E-state index in [9.17, 15) is 14.4 Å². The van der Waals surface area contributed by atoms with Crippen molar-refractivity contribution in [2.45, 2.75) is 20.8 Å². The van der Waals surface area contributed by atoms with Crippen molar-refractivity contribution >= 4 is 18.0 Å². The Morgan fingerprint density at radius 2 is 1.25 bits per heavy atom. The summed E-state index contributed by atoms with van der Waals surface area (Å²) >= 11 is -4.05. The zero-order valence-electron chi connectivity index (χ0n) is 9.52. The molecule has 0 atom stereocenters. The minimum absolute atomic E-state index is 0.609. The van der Waals surface area contributed by atoms with Gasteiger partial charge in [-0.25, -0.2) is 0 Å². The van der Waals surface area contributed by atoms with E-state index in [0.717, 1.165) is 16.7 Å². The third kappa shape index (κ3) is 2.05. The zero-order valence-corrected chi connectivity index (χ0v) is 12.5. The van der Waals surface area contributed by atoms with Gasteiger partial charge in [-0.3, -0.25) is 0 Å². The monoisotopic (exact) mass is 390 g/mol. The molecule has 86 valence electrons. The van der Waals surface area contributed by atoms with Crippen molar-refractivity contribution < 1.29 is 30.4 Å². The Kier molecular flexibility index (Phi) is 3.92. The molecule has 4 heteroatoms. The second-order valence-corrected chi connectivity index (χ2v) is 12.8. The SMILES string of the molecule is Cc1cc(C)[c]([W]([CH]=O)([CH]=O)[CH]=O)c(C)c1. The van der Waals surface area contributed by atoms with Gasteiger partial charge in [-0.1, -0.05) is 0 Å². The van der Waals surface area contributed by atoms with Crippen LogP contribution in [0.25, 0.3) is 0 Å². The van der Waals surface area contributed by atoms with Crippen LogP contribution in [-0.2, 0) is 30.4 Å². The Bertz CT molecular complexity index is 407. The van der Waals surface area contributed by atoms with Gasteiger partial charge >= 0.3 is 98.0 Å². The average molecular weight is 390 g/mol. The molecule has 0 radical (unpaired) electrons. The van der Waals surface area contributed by atoms with Crippen LogP contribution in [0.1, 0.15) is 16.7 Å². The van der Waals surface area contributed by atoms with Gasteiger partial charge in [0, 0.05) is 0 Å². The summed E-state index contributed by atoms with van der Waals surface area (Å²) in [5.74, 6) is 0. The molecule has 0 aliphatic heterocycles. The van der Waals surface area contributed by atoms with E-state index in [0.29, 0.717) is 18.0 Å². The normalized spacial score (nSPS) is 11.9. The van der Waals surface area contributed by atoms with E-state index in [4.69, 9.17) is 0 Å². The zero-order chi connectivity index (χ0) is 12.3. The van der Waals surface area contributed by atoms with Gasteiger partial charge in [0.05, 0.1) is 0 Å². The van der Waals surface area contributed by atoms with Gasteiger partial charge in [0.15, 0.2) is 0 Å². The molecule has 16 heavy (non-hydrogen) atoms. The molecule has 3 nitrogen and oxygen atoms in total. The van der Waals surface area contributed by atoms with E-state index in [1.807, 2.05) is 32.9 Å². The summed E-state index contributed by atoms with van der Waals surface area (Å²) in [5.41, 5.74) is 2.82. The van der Waals surface area contributed by atoms with Crippen LogP contribution < -0.4 is 3.95 Å². The summed E-state index contributed by atoms with van der Waals surface area (Å²) in [6.07, 6.45) is 0. The molecule has 0 unspecified atom stereocenters. The van der Waals surface area contributed by atoms with E-state index < -0.39 is 16.1 Å². The molecular formula is C12H14O3W. The molecule has 0 aromatic heterocycles. The van der Waals surface area contributed by atoms with Crippen molar-refractivity contribution in [2.75, 3.05) is 0 Å². The minimum atomic E-state index is -4.05. The van der Waals surface area contributed by atoms with Gasteiger partial charge < -0.3 is 0 Å². The quantitative estimate of drug-likeness (QED) is 0.721. The molecule has 0 spiro atoms. The first-order valence-electron chi connectivity index (χ1n) is 4.77. The Morgan fingerprint density at radius 3 is 1.56 bits per heavy atom. The van der Waals surface area contributed by atoms with E-state index in [2.05, 4.69) is 0 Å². The van der Waals surface area contributed by atoms with Gasteiger partial charge in [0.1, 0.15) is 0 Å². The fourth-order valence-electron chi connectivity index (χ4n) is 1.94. The maximum absolute atomic E-state index is 11.1. The van der Waals surface area contributed by atoms with Gasteiger partial charge in [-0.05, 0) is 0 Å². The van der Waals surface area contributed by atoms with Crippen LogP contribution in [0.5, 0.6) is 0 Å². The van der Waals surface area contributed by atoms with Crippen LogP contribution in [0.2, 0.25) is 0 Å². The number of aryl methyl sites for hydroxylation is 3. The van der Waals surface area contributed by atoms with Gasteiger partial charge in [0.2, 0.25) is 0 Å². The van der Waals surface area contributed by atoms with Crippen LogP contribution in [0.15, 0.2) is 12.1 Å². The van der Waals surface area contributed by atoms with Gasteiger partial charge in [0.25, 0.3) is 0 Å². The average Bonchev–Trinajstić information content (AvgIpc) is 2.23. The Labute approximate surface area is 98.1 Å². The van der Waals surface area contributed by atoms with Crippen molar-refractivity contribution in [1.82, 2.24) is 0 Å². The third-order valence-corrected chi connectivity index (χ3v) is 10.7. The molecule has 0 fully saturated rings. The third-order valence-electron chi connectivity index (χ3n) is 2.44. The Balaban J connectivity index is 3.59. The molecule has 0 N–H and O–H groups in total. The number of rotatable bonds is 4. The summed E-state index contributed by atoms with van der Waals surface area (Å²) in [6, 6.07) is 3.81. The van der Waals surface area contributed by atoms with Crippen LogP contribution >= 0.6 is 0 Å². The summed E-state index contributed by atoms with van der Waals surface area (Å²) in [5, 5.41) is 0.